The molecular weight excluding hydrogens is 415 g/mol. The van der Waals surface area contributed by atoms with E-state index in [1.165, 1.54) is 12.1 Å². The first-order valence-corrected chi connectivity index (χ1v) is 9.84. The third-order valence-corrected chi connectivity index (χ3v) is 5.06. The molecule has 0 spiro atoms. The Hall–Kier alpha value is -2.53. The maximum atomic E-state index is 12.6. The lowest BCUT2D eigenvalue weighted by molar-refractivity contribution is -0.137. The predicted molar refractivity (Wildman–Crippen MR) is 111 cm³/mol. The molecule has 0 aliphatic carbocycles. The fourth-order valence-corrected chi connectivity index (χ4v) is 3.24. The van der Waals surface area contributed by atoms with Gasteiger partial charge in [-0.15, -0.1) is 0 Å². The molecule has 4 nitrogen and oxygen atoms in total. The smallest absolute Gasteiger partial charge is 0.324 e. The highest BCUT2D eigenvalue weighted by molar-refractivity contribution is 6.33. The van der Waals surface area contributed by atoms with Crippen LogP contribution in [0.15, 0.2) is 48.5 Å². The van der Waals surface area contributed by atoms with Gasteiger partial charge in [0.25, 0.3) is 0 Å². The van der Waals surface area contributed by atoms with E-state index in [2.05, 4.69) is 27.0 Å². The number of rotatable bonds is 4. The van der Waals surface area contributed by atoms with Gasteiger partial charge in [0, 0.05) is 31.7 Å². The summed E-state index contributed by atoms with van der Waals surface area (Å²) in [4.78, 5) is 16.4. The van der Waals surface area contributed by atoms with Crippen molar-refractivity contribution in [1.29, 1.82) is 0 Å². The van der Waals surface area contributed by atoms with Crippen LogP contribution in [-0.2, 0) is 11.0 Å². The van der Waals surface area contributed by atoms with Crippen LogP contribution in [0.2, 0.25) is 5.02 Å². The van der Waals surface area contributed by atoms with Gasteiger partial charge < -0.3 is 5.32 Å². The van der Waals surface area contributed by atoms with Crippen molar-refractivity contribution in [3.63, 3.8) is 0 Å². The molecule has 2 aromatic carbocycles. The van der Waals surface area contributed by atoms with Crippen LogP contribution in [0.4, 0.5) is 18.9 Å². The largest absolute Gasteiger partial charge is 0.416 e. The van der Waals surface area contributed by atoms with Crippen LogP contribution in [0.25, 0.3) is 0 Å². The van der Waals surface area contributed by atoms with Crippen LogP contribution in [-0.4, -0.2) is 55.0 Å². The normalized spacial score (nSPS) is 15.3. The topological polar surface area (TPSA) is 35.6 Å². The zero-order chi connectivity index (χ0) is 21.6. The summed E-state index contributed by atoms with van der Waals surface area (Å²) in [6.45, 7) is 3.81. The second-order valence-corrected chi connectivity index (χ2v) is 7.36. The summed E-state index contributed by atoms with van der Waals surface area (Å²) in [7, 11) is 0. The number of nitrogens with zero attached hydrogens (tertiary/aromatic N) is 2. The van der Waals surface area contributed by atoms with Crippen molar-refractivity contribution in [2.75, 3.05) is 44.6 Å². The molecule has 1 aliphatic heterocycles. The molecule has 1 fully saturated rings. The van der Waals surface area contributed by atoms with Gasteiger partial charge in [0.15, 0.2) is 0 Å². The van der Waals surface area contributed by atoms with Crippen LogP contribution < -0.4 is 5.32 Å². The van der Waals surface area contributed by atoms with Gasteiger partial charge in [0.05, 0.1) is 29.4 Å². The second-order valence-electron chi connectivity index (χ2n) is 6.96. The summed E-state index contributed by atoms with van der Waals surface area (Å²) >= 11 is 6.05. The maximum Gasteiger partial charge on any atom is 0.416 e. The van der Waals surface area contributed by atoms with E-state index in [-0.39, 0.29) is 12.5 Å². The zero-order valence-corrected chi connectivity index (χ0v) is 16.9. The van der Waals surface area contributed by atoms with Crippen LogP contribution in [0, 0.1) is 11.8 Å². The fourth-order valence-electron chi connectivity index (χ4n) is 3.06. The molecule has 2 aromatic rings. The van der Waals surface area contributed by atoms with Crippen molar-refractivity contribution in [3.05, 3.63) is 64.7 Å². The van der Waals surface area contributed by atoms with E-state index in [0.717, 1.165) is 38.3 Å². The van der Waals surface area contributed by atoms with Crippen LogP contribution in [0.3, 0.4) is 0 Å². The highest BCUT2D eigenvalue weighted by atomic mass is 35.5. The van der Waals surface area contributed by atoms with Gasteiger partial charge in [0.1, 0.15) is 0 Å². The minimum Gasteiger partial charge on any atom is -0.324 e. The minimum atomic E-state index is -4.34. The molecule has 1 heterocycles. The molecule has 158 valence electrons. The SMILES string of the molecule is O=C(CN1CCN(CC#Cc2ccc(C(F)(F)F)cc2)CC1)Nc1ccccc1Cl. The van der Waals surface area contributed by atoms with Gasteiger partial charge in [0.2, 0.25) is 5.91 Å². The molecule has 8 heteroatoms. The molecule has 1 N–H and O–H groups in total. The number of hydrogen-bond donors (Lipinski definition) is 1. The van der Waals surface area contributed by atoms with E-state index >= 15 is 0 Å². The van der Waals surface area contributed by atoms with E-state index in [9.17, 15) is 18.0 Å². The molecule has 0 atom stereocenters. The van der Waals surface area contributed by atoms with Gasteiger partial charge in [-0.1, -0.05) is 35.6 Å². The third-order valence-electron chi connectivity index (χ3n) is 4.73. The molecule has 1 aliphatic rings. The molecule has 0 aromatic heterocycles. The maximum absolute atomic E-state index is 12.6. The van der Waals surface area contributed by atoms with Crippen molar-refractivity contribution in [1.82, 2.24) is 9.80 Å². The molecular formula is C22H21ClF3N3O. The summed E-state index contributed by atoms with van der Waals surface area (Å²) in [5.41, 5.74) is 0.474. The highest BCUT2D eigenvalue weighted by Crippen LogP contribution is 2.28. The number of alkyl halides is 3. The number of anilines is 1. The Kier molecular flexibility index (Phi) is 7.38. The quantitative estimate of drug-likeness (QED) is 0.738. The Labute approximate surface area is 178 Å². The number of hydrogen-bond acceptors (Lipinski definition) is 3. The van der Waals surface area contributed by atoms with E-state index in [1.807, 2.05) is 6.07 Å². The van der Waals surface area contributed by atoms with Crippen LogP contribution in [0.1, 0.15) is 11.1 Å². The summed E-state index contributed by atoms with van der Waals surface area (Å²) in [6.07, 6.45) is -4.34. The van der Waals surface area contributed by atoms with Crippen molar-refractivity contribution in [2.45, 2.75) is 6.18 Å². The number of carbonyl (C=O) groups excluding carboxylic acids is 1. The summed E-state index contributed by atoms with van der Waals surface area (Å²) < 4.78 is 37.7. The Morgan fingerprint density at radius 2 is 1.63 bits per heavy atom. The van der Waals surface area contributed by atoms with E-state index < -0.39 is 11.7 Å². The Balaban J connectivity index is 1.41. The van der Waals surface area contributed by atoms with E-state index in [1.54, 1.807) is 18.2 Å². The van der Waals surface area contributed by atoms with Crippen molar-refractivity contribution >= 4 is 23.2 Å². The number of nitrogens with one attached hydrogen (secondary N) is 1. The lowest BCUT2D eigenvalue weighted by atomic mass is 10.1. The highest BCUT2D eigenvalue weighted by Gasteiger charge is 2.29. The molecule has 3 rings (SSSR count). The Morgan fingerprint density at radius 3 is 2.27 bits per heavy atom. The first kappa shape index (κ1) is 22.2. The standard InChI is InChI=1S/C22H21ClF3N3O/c23-19-5-1-2-6-20(19)27-21(30)16-29-14-12-28(13-15-29)11-3-4-17-7-9-18(10-8-17)22(24,25)26/h1-2,5-10H,11-16H2,(H,27,30). The van der Waals surface area contributed by atoms with E-state index in [4.69, 9.17) is 11.6 Å². The lowest BCUT2D eigenvalue weighted by Crippen LogP contribution is -2.48. The van der Waals surface area contributed by atoms with Crippen LogP contribution in [0.5, 0.6) is 0 Å². The Bertz CT molecular complexity index is 927. The molecule has 0 saturated carbocycles. The molecule has 1 saturated heterocycles. The lowest BCUT2D eigenvalue weighted by Gasteiger charge is -2.33. The molecule has 1 amide bonds. The summed E-state index contributed by atoms with van der Waals surface area (Å²) in [5, 5.41) is 3.32. The molecule has 0 radical (unpaired) electrons. The van der Waals surface area contributed by atoms with Gasteiger partial charge >= 0.3 is 6.18 Å². The third kappa shape index (κ3) is 6.49. The first-order chi connectivity index (χ1) is 14.3. The number of halogens is 4. The van der Waals surface area contributed by atoms with Gasteiger partial charge in [-0.25, -0.2) is 0 Å². The first-order valence-electron chi connectivity index (χ1n) is 9.46. The molecule has 30 heavy (non-hydrogen) atoms. The van der Waals surface area contributed by atoms with Gasteiger partial charge in [-0.3, -0.25) is 14.6 Å². The fraction of sp³-hybridized carbons (Fsp3) is 0.318. The average molecular weight is 436 g/mol. The average Bonchev–Trinajstić information content (AvgIpc) is 2.71. The van der Waals surface area contributed by atoms with Gasteiger partial charge in [-0.05, 0) is 36.4 Å². The number of benzene rings is 2. The number of carbonyl (C=O) groups is 1. The van der Waals surface area contributed by atoms with Gasteiger partial charge in [-0.2, -0.15) is 13.2 Å². The van der Waals surface area contributed by atoms with Crippen molar-refractivity contribution in [3.8, 4) is 11.8 Å². The number of amides is 1. The van der Waals surface area contributed by atoms with Crippen molar-refractivity contribution < 1.29 is 18.0 Å². The number of piperazine rings is 1. The molecule has 0 bridgehead atoms. The van der Waals surface area contributed by atoms with Crippen molar-refractivity contribution in [2.24, 2.45) is 0 Å². The molecule has 0 unspecified atom stereocenters. The summed E-state index contributed by atoms with van der Waals surface area (Å²) in [6, 6.07) is 11.9. The second kappa shape index (κ2) is 9.98. The predicted octanol–water partition coefficient (Wildman–Crippen LogP) is 3.97. The monoisotopic (exact) mass is 435 g/mol. The van der Waals surface area contributed by atoms with Crippen LogP contribution >= 0.6 is 11.6 Å². The number of para-hydroxylation sites is 1. The minimum absolute atomic E-state index is 0.112. The Morgan fingerprint density at radius 1 is 1.00 bits per heavy atom. The zero-order valence-electron chi connectivity index (χ0n) is 16.2. The summed E-state index contributed by atoms with van der Waals surface area (Å²) in [5.74, 6) is 5.79. The van der Waals surface area contributed by atoms with E-state index in [0.29, 0.717) is 22.8 Å².